The van der Waals surface area contributed by atoms with Gasteiger partial charge in [0.2, 0.25) is 22.1 Å². The topological polar surface area (TPSA) is 197 Å². The minimum atomic E-state index is -3.78. The van der Waals surface area contributed by atoms with Crippen LogP contribution in [-0.4, -0.2) is 99.5 Å². The molecule has 0 aromatic rings. The van der Waals surface area contributed by atoms with E-state index in [0.717, 1.165) is 0 Å². The van der Waals surface area contributed by atoms with Gasteiger partial charge < -0.3 is 40.3 Å². The van der Waals surface area contributed by atoms with Crippen LogP contribution in [0.2, 0.25) is 0 Å². The zero-order valence-electron chi connectivity index (χ0n) is 15.9. The summed E-state index contributed by atoms with van der Waals surface area (Å²) in [4.78, 5) is 41.1. The highest BCUT2D eigenvalue weighted by atomic mass is 31.2. The van der Waals surface area contributed by atoms with Crippen molar-refractivity contribution in [3.8, 4) is 0 Å². The van der Waals surface area contributed by atoms with Crippen LogP contribution in [0.25, 0.3) is 0 Å². The fourth-order valence-corrected chi connectivity index (χ4v) is 4.99. The van der Waals surface area contributed by atoms with E-state index >= 15 is 0 Å². The van der Waals surface area contributed by atoms with Crippen LogP contribution in [0, 0.1) is 0 Å². The second-order valence-corrected chi connectivity index (χ2v) is 13.6. The Morgan fingerprint density at radius 2 is 1.32 bits per heavy atom. The van der Waals surface area contributed by atoms with Gasteiger partial charge in [-0.25, -0.2) is 0 Å². The number of aliphatic hydroxyl groups excluding tert-OH is 2. The van der Waals surface area contributed by atoms with Crippen LogP contribution >= 0.6 is 22.1 Å². The number of hydrogen-bond acceptors (Lipinski definition) is 9. The van der Waals surface area contributed by atoms with Crippen molar-refractivity contribution in [1.29, 1.82) is 0 Å². The van der Waals surface area contributed by atoms with Gasteiger partial charge in [-0.05, 0) is 6.92 Å². The molecule has 0 heterocycles. The van der Waals surface area contributed by atoms with E-state index in [1.165, 1.54) is 11.8 Å². The first-order chi connectivity index (χ1) is 12.8. The zero-order chi connectivity index (χ0) is 21.8. The van der Waals surface area contributed by atoms with Crippen molar-refractivity contribution in [1.82, 2.24) is 15.5 Å². The van der Waals surface area contributed by atoms with Crippen molar-refractivity contribution < 1.29 is 43.4 Å². The van der Waals surface area contributed by atoms with Crippen molar-refractivity contribution >= 4 is 27.9 Å². The highest BCUT2D eigenvalue weighted by Gasteiger charge is 2.22. The summed E-state index contributed by atoms with van der Waals surface area (Å²) in [5, 5.41) is 23.1. The highest BCUT2D eigenvalue weighted by Crippen LogP contribution is 2.40. The Hall–Kier alpha value is 0.0400. The number of ketones is 1. The second kappa shape index (κ2) is 13.4. The summed E-state index contributed by atoms with van der Waals surface area (Å²) in [6.45, 7) is 2.16. The van der Waals surface area contributed by atoms with Crippen LogP contribution in [0.1, 0.15) is 13.3 Å². The van der Waals surface area contributed by atoms with Crippen molar-refractivity contribution in [2.24, 2.45) is 0 Å². The number of hydrogen-bond donors (Lipinski definition) is 7. The molecule has 0 aliphatic carbocycles. The van der Waals surface area contributed by atoms with Gasteiger partial charge >= 0.3 is 0 Å². The van der Waals surface area contributed by atoms with E-state index in [2.05, 4.69) is 10.6 Å². The maximum atomic E-state index is 11.9. The van der Waals surface area contributed by atoms with Gasteiger partial charge in [-0.3, -0.25) is 18.6 Å². The summed E-state index contributed by atoms with van der Waals surface area (Å²) in [6.07, 6.45) is -2.67. The van der Waals surface area contributed by atoms with E-state index in [9.17, 15) is 33.2 Å². The van der Waals surface area contributed by atoms with Gasteiger partial charge in [-0.15, -0.1) is 0 Å². The molecule has 0 fully saturated rings. The van der Waals surface area contributed by atoms with Crippen LogP contribution in [0.4, 0.5) is 0 Å². The van der Waals surface area contributed by atoms with Crippen molar-refractivity contribution in [2.75, 3.05) is 63.9 Å². The quantitative estimate of drug-likeness (QED) is 0.102. The molecule has 15 heteroatoms. The Morgan fingerprint density at radius 1 is 0.857 bits per heavy atom. The Bertz CT molecular complexity index is 619. The third-order valence-corrected chi connectivity index (χ3v) is 7.69. The predicted octanol–water partition coefficient (Wildman–Crippen LogP) is -0.970. The molecule has 0 aromatic heterocycles. The molecule has 0 aliphatic heterocycles. The molecule has 7 N–H and O–H groups in total. The Morgan fingerprint density at radius 3 is 1.75 bits per heavy atom. The minimum Gasteiger partial charge on any atom is -0.386 e. The van der Waals surface area contributed by atoms with Gasteiger partial charge in [0.15, 0.2) is 0 Å². The van der Waals surface area contributed by atoms with Gasteiger partial charge in [0.05, 0.1) is 18.9 Å². The number of rotatable bonds is 17. The molecule has 0 aliphatic rings. The monoisotopic (exact) mass is 467 g/mol. The van der Waals surface area contributed by atoms with Gasteiger partial charge in [0.25, 0.3) is 0 Å². The third kappa shape index (κ3) is 15.0. The maximum absolute atomic E-state index is 11.9. The summed E-state index contributed by atoms with van der Waals surface area (Å²) in [5.74, 6) is -0.177. The minimum absolute atomic E-state index is 0.0139. The number of Topliss-reactive ketones (excluding diaryl/α,β-unsaturated/α-hetero) is 1. The van der Waals surface area contributed by atoms with Crippen LogP contribution in [0.5, 0.6) is 0 Å². The average Bonchev–Trinajstić information content (AvgIpc) is 2.60. The molecule has 0 rings (SSSR count). The number of carbonyl (C=O) groups excluding carboxylic acids is 1. The molecule has 28 heavy (non-hydrogen) atoms. The number of carbonyl (C=O) groups is 1. The largest absolute Gasteiger partial charge is 0.386 e. The second-order valence-electron chi connectivity index (χ2n) is 6.57. The number of nitrogens with one attached hydrogen (secondary N) is 2. The number of nitrogens with zero attached hydrogens (tertiary/aromatic N) is 1. The summed E-state index contributed by atoms with van der Waals surface area (Å²) in [6, 6.07) is 0. The molecule has 0 amide bonds. The molecule has 168 valence electrons. The van der Waals surface area contributed by atoms with Crippen LogP contribution < -0.4 is 10.6 Å². The highest BCUT2D eigenvalue weighted by molar-refractivity contribution is 7.58. The molecule has 3 atom stereocenters. The SMILES string of the molecule is CC(=O)CCP(=O)(O)CNCCN(CCNCP(=O)(O)CO)CP(=O)(O)CO. The van der Waals surface area contributed by atoms with Crippen LogP contribution in [0.15, 0.2) is 0 Å². The van der Waals surface area contributed by atoms with E-state index in [1.807, 2.05) is 0 Å². The molecule has 12 nitrogen and oxygen atoms in total. The fourth-order valence-electron chi connectivity index (χ4n) is 2.05. The molecular weight excluding hydrogens is 435 g/mol. The molecule has 0 spiro atoms. The lowest BCUT2D eigenvalue weighted by Crippen LogP contribution is -2.38. The molecule has 0 saturated carbocycles. The lowest BCUT2D eigenvalue weighted by atomic mass is 10.4. The first kappa shape index (κ1) is 28.0. The van der Waals surface area contributed by atoms with Gasteiger partial charge in [0, 0.05) is 38.8 Å². The van der Waals surface area contributed by atoms with Crippen molar-refractivity contribution in [3.63, 3.8) is 0 Å². The van der Waals surface area contributed by atoms with Gasteiger partial charge in [0.1, 0.15) is 18.5 Å². The van der Waals surface area contributed by atoms with Crippen LogP contribution in [0.3, 0.4) is 0 Å². The Balaban J connectivity index is 4.45. The van der Waals surface area contributed by atoms with E-state index < -0.39 is 34.8 Å². The zero-order valence-corrected chi connectivity index (χ0v) is 18.6. The Labute approximate surface area is 164 Å². The van der Waals surface area contributed by atoms with Gasteiger partial charge in [-0.1, -0.05) is 0 Å². The summed E-state index contributed by atoms with van der Waals surface area (Å²) < 4.78 is 35.0. The lowest BCUT2D eigenvalue weighted by Gasteiger charge is -2.25. The van der Waals surface area contributed by atoms with E-state index in [1.54, 1.807) is 0 Å². The summed E-state index contributed by atoms with van der Waals surface area (Å²) in [5.41, 5.74) is 0. The van der Waals surface area contributed by atoms with E-state index in [-0.39, 0.29) is 63.4 Å². The molecular formula is C13H32N3O9P3. The first-order valence-electron chi connectivity index (χ1n) is 8.60. The Kier molecular flexibility index (Phi) is 13.4. The summed E-state index contributed by atoms with van der Waals surface area (Å²) >= 11 is 0. The summed E-state index contributed by atoms with van der Waals surface area (Å²) in [7, 11) is -10.9. The van der Waals surface area contributed by atoms with E-state index in [0.29, 0.717) is 0 Å². The lowest BCUT2D eigenvalue weighted by molar-refractivity contribution is -0.116. The molecule has 0 bridgehead atoms. The normalized spacial score (nSPS) is 18.4. The molecule has 3 unspecified atom stereocenters. The molecule has 0 aromatic carbocycles. The first-order valence-corrected chi connectivity index (χ1v) is 14.7. The smallest absolute Gasteiger partial charge is 0.238 e. The van der Waals surface area contributed by atoms with Gasteiger partial charge in [-0.2, -0.15) is 0 Å². The van der Waals surface area contributed by atoms with Crippen molar-refractivity contribution in [3.05, 3.63) is 0 Å². The standard InChI is InChI=1S/C13H32N3O9P3/c1-13(19)2-7-26(20,21)8-14-3-5-16(10-28(24,25)12-18)6-4-15-9-27(22,23)11-17/h14-15,17-18H,2-12H2,1H3,(H,20,21)(H,22,23)(H,24,25). The maximum Gasteiger partial charge on any atom is 0.238 e. The average molecular weight is 467 g/mol. The van der Waals surface area contributed by atoms with E-state index in [4.69, 9.17) is 10.2 Å². The predicted molar refractivity (Wildman–Crippen MR) is 106 cm³/mol. The molecule has 0 saturated heterocycles. The third-order valence-electron chi connectivity index (χ3n) is 3.60. The van der Waals surface area contributed by atoms with Crippen LogP contribution in [-0.2, 0) is 18.5 Å². The molecule has 0 radical (unpaired) electrons. The number of aliphatic hydroxyl groups is 2. The van der Waals surface area contributed by atoms with Crippen molar-refractivity contribution in [2.45, 2.75) is 13.3 Å². The fraction of sp³-hybridized carbons (Fsp3) is 0.923.